The Balaban J connectivity index is 2.47. The molecule has 0 bridgehead atoms. The van der Waals surface area contributed by atoms with Crippen LogP contribution in [-0.2, 0) is 4.79 Å². The van der Waals surface area contributed by atoms with Gasteiger partial charge in [0.15, 0.2) is 0 Å². The molecule has 2 amide bonds. The number of nitrogens with two attached hydrogens (primary N) is 1. The Kier molecular flexibility index (Phi) is 3.82. The second-order valence-electron chi connectivity index (χ2n) is 2.99. The predicted octanol–water partition coefficient (Wildman–Crippen LogP) is -0.737. The third kappa shape index (κ3) is 3.40. The molecular weight excluding hydrogens is 196 g/mol. The van der Waals surface area contributed by atoms with E-state index in [-0.39, 0.29) is 12.5 Å². The predicted molar refractivity (Wildman–Crippen MR) is 54.0 cm³/mol. The molecule has 1 atom stereocenters. The van der Waals surface area contributed by atoms with Crippen molar-refractivity contribution < 1.29 is 14.7 Å². The Morgan fingerprint density at radius 2 is 1.93 bits per heavy atom. The first-order valence-electron chi connectivity index (χ1n) is 4.42. The Morgan fingerprint density at radius 3 is 2.47 bits per heavy atom. The van der Waals surface area contributed by atoms with E-state index in [1.807, 2.05) is 0 Å². The van der Waals surface area contributed by atoms with Crippen LogP contribution < -0.4 is 11.1 Å². The van der Waals surface area contributed by atoms with E-state index in [1.54, 1.807) is 30.3 Å². The first-order valence-corrected chi connectivity index (χ1v) is 4.42. The van der Waals surface area contributed by atoms with E-state index in [2.05, 4.69) is 5.32 Å². The van der Waals surface area contributed by atoms with E-state index >= 15 is 0 Å². The summed E-state index contributed by atoms with van der Waals surface area (Å²) in [4.78, 5) is 21.9. The molecule has 0 aliphatic heterocycles. The highest BCUT2D eigenvalue weighted by Crippen LogP contribution is 1.97. The lowest BCUT2D eigenvalue weighted by atomic mass is 10.2. The van der Waals surface area contributed by atoms with Crippen molar-refractivity contribution in [2.45, 2.75) is 6.10 Å². The number of nitrogens with one attached hydrogen (secondary N) is 1. The molecule has 4 N–H and O–H groups in total. The second-order valence-corrected chi connectivity index (χ2v) is 2.99. The molecule has 0 aliphatic carbocycles. The van der Waals surface area contributed by atoms with Crippen LogP contribution in [0.5, 0.6) is 0 Å². The summed E-state index contributed by atoms with van der Waals surface area (Å²) >= 11 is 0. The van der Waals surface area contributed by atoms with Gasteiger partial charge in [0.05, 0.1) is 6.54 Å². The number of amides is 2. The van der Waals surface area contributed by atoms with Crippen molar-refractivity contribution in [3.63, 3.8) is 0 Å². The summed E-state index contributed by atoms with van der Waals surface area (Å²) in [6.45, 7) is -0.178. The van der Waals surface area contributed by atoms with Gasteiger partial charge in [0.1, 0.15) is 6.10 Å². The minimum absolute atomic E-state index is 0.178. The summed E-state index contributed by atoms with van der Waals surface area (Å²) in [7, 11) is 0. The zero-order valence-corrected chi connectivity index (χ0v) is 8.01. The van der Waals surface area contributed by atoms with Gasteiger partial charge in [0.25, 0.3) is 5.91 Å². The van der Waals surface area contributed by atoms with Crippen LogP contribution in [0.15, 0.2) is 30.3 Å². The molecule has 5 nitrogen and oxygen atoms in total. The Morgan fingerprint density at radius 1 is 1.33 bits per heavy atom. The first kappa shape index (κ1) is 11.2. The number of benzene rings is 1. The summed E-state index contributed by atoms with van der Waals surface area (Å²) in [5.41, 5.74) is 5.29. The highest BCUT2D eigenvalue weighted by Gasteiger charge is 2.12. The molecule has 5 heteroatoms. The van der Waals surface area contributed by atoms with Crippen molar-refractivity contribution in [3.05, 3.63) is 35.9 Å². The van der Waals surface area contributed by atoms with Gasteiger partial charge in [-0.2, -0.15) is 0 Å². The molecule has 0 heterocycles. The third-order valence-electron chi connectivity index (χ3n) is 1.82. The quantitative estimate of drug-likeness (QED) is 0.608. The molecule has 1 aromatic carbocycles. The van der Waals surface area contributed by atoms with Gasteiger partial charge in [0.2, 0.25) is 5.91 Å². The number of hydrogen-bond acceptors (Lipinski definition) is 3. The van der Waals surface area contributed by atoms with Gasteiger partial charge in [-0.05, 0) is 12.1 Å². The highest BCUT2D eigenvalue weighted by molar-refractivity contribution is 5.94. The zero-order chi connectivity index (χ0) is 11.3. The molecule has 15 heavy (non-hydrogen) atoms. The molecule has 1 aromatic rings. The number of carbonyl (C=O) groups is 2. The summed E-state index contributed by atoms with van der Waals surface area (Å²) in [5, 5.41) is 11.4. The number of aliphatic hydroxyl groups is 1. The minimum Gasteiger partial charge on any atom is -0.381 e. The van der Waals surface area contributed by atoms with Gasteiger partial charge in [-0.25, -0.2) is 0 Å². The second kappa shape index (κ2) is 5.11. The molecule has 1 rings (SSSR count). The van der Waals surface area contributed by atoms with Gasteiger partial charge in [-0.15, -0.1) is 0 Å². The third-order valence-corrected chi connectivity index (χ3v) is 1.82. The summed E-state index contributed by atoms with van der Waals surface area (Å²) < 4.78 is 0. The van der Waals surface area contributed by atoms with Crippen molar-refractivity contribution in [3.8, 4) is 0 Å². The van der Waals surface area contributed by atoms with E-state index in [0.717, 1.165) is 0 Å². The summed E-state index contributed by atoms with van der Waals surface area (Å²) in [6, 6.07) is 8.49. The fourth-order valence-corrected chi connectivity index (χ4v) is 0.982. The normalized spacial score (nSPS) is 11.8. The number of rotatable bonds is 4. The molecule has 0 radical (unpaired) electrons. The van der Waals surface area contributed by atoms with Crippen LogP contribution in [0.4, 0.5) is 0 Å². The molecule has 1 unspecified atom stereocenters. The lowest BCUT2D eigenvalue weighted by Crippen LogP contribution is -2.39. The van der Waals surface area contributed by atoms with Crippen molar-refractivity contribution in [1.29, 1.82) is 0 Å². The maximum Gasteiger partial charge on any atom is 0.251 e. The van der Waals surface area contributed by atoms with Crippen LogP contribution in [0.25, 0.3) is 0 Å². The average molecular weight is 208 g/mol. The smallest absolute Gasteiger partial charge is 0.251 e. The van der Waals surface area contributed by atoms with Crippen LogP contribution >= 0.6 is 0 Å². The molecule has 80 valence electrons. The largest absolute Gasteiger partial charge is 0.381 e. The summed E-state index contributed by atoms with van der Waals surface area (Å²) in [6.07, 6.45) is -1.35. The molecule has 0 saturated carbocycles. The van der Waals surface area contributed by atoms with Crippen LogP contribution in [0.1, 0.15) is 10.4 Å². The Bertz CT molecular complexity index is 351. The Labute approximate surface area is 86.9 Å². The van der Waals surface area contributed by atoms with E-state index in [9.17, 15) is 9.59 Å². The van der Waals surface area contributed by atoms with Gasteiger partial charge in [-0.1, -0.05) is 18.2 Å². The SMILES string of the molecule is NC(=O)C(O)CNC(=O)c1ccccc1. The van der Waals surface area contributed by atoms with E-state index in [0.29, 0.717) is 5.56 Å². The van der Waals surface area contributed by atoms with Crippen molar-refractivity contribution >= 4 is 11.8 Å². The lowest BCUT2D eigenvalue weighted by molar-refractivity contribution is -0.125. The van der Waals surface area contributed by atoms with Crippen molar-refractivity contribution in [1.82, 2.24) is 5.32 Å². The monoisotopic (exact) mass is 208 g/mol. The number of carbonyl (C=O) groups excluding carboxylic acids is 2. The zero-order valence-electron chi connectivity index (χ0n) is 8.01. The number of primary amides is 1. The van der Waals surface area contributed by atoms with Gasteiger partial charge in [-0.3, -0.25) is 9.59 Å². The number of aliphatic hydroxyl groups excluding tert-OH is 1. The molecule has 0 aliphatic rings. The standard InChI is InChI=1S/C10H12N2O3/c11-9(14)8(13)6-12-10(15)7-4-2-1-3-5-7/h1-5,8,13H,6H2,(H2,11,14)(H,12,15). The fraction of sp³-hybridized carbons (Fsp3) is 0.200. The van der Waals surface area contributed by atoms with Gasteiger partial charge in [0, 0.05) is 5.56 Å². The lowest BCUT2D eigenvalue weighted by Gasteiger charge is -2.08. The van der Waals surface area contributed by atoms with Gasteiger partial charge < -0.3 is 16.2 Å². The van der Waals surface area contributed by atoms with E-state index in [4.69, 9.17) is 10.8 Å². The summed E-state index contributed by atoms with van der Waals surface area (Å²) in [5.74, 6) is -1.21. The molecule has 0 spiro atoms. The maximum atomic E-state index is 11.4. The van der Waals surface area contributed by atoms with Crippen LogP contribution in [0, 0.1) is 0 Å². The first-order chi connectivity index (χ1) is 7.11. The molecule has 0 aromatic heterocycles. The topological polar surface area (TPSA) is 92.4 Å². The van der Waals surface area contributed by atoms with Crippen LogP contribution in [0.3, 0.4) is 0 Å². The van der Waals surface area contributed by atoms with E-state index in [1.165, 1.54) is 0 Å². The average Bonchev–Trinajstić information content (AvgIpc) is 2.26. The molecule has 0 saturated heterocycles. The highest BCUT2D eigenvalue weighted by atomic mass is 16.3. The van der Waals surface area contributed by atoms with Crippen molar-refractivity contribution in [2.24, 2.45) is 5.73 Å². The van der Waals surface area contributed by atoms with Gasteiger partial charge >= 0.3 is 0 Å². The molecular formula is C10H12N2O3. The minimum atomic E-state index is -1.35. The molecule has 0 fully saturated rings. The Hall–Kier alpha value is -1.88. The van der Waals surface area contributed by atoms with Crippen LogP contribution in [0.2, 0.25) is 0 Å². The van der Waals surface area contributed by atoms with E-state index < -0.39 is 12.0 Å². The fourth-order valence-electron chi connectivity index (χ4n) is 0.982. The van der Waals surface area contributed by atoms with Crippen LogP contribution in [-0.4, -0.2) is 29.6 Å². The number of hydrogen-bond donors (Lipinski definition) is 3. The maximum absolute atomic E-state index is 11.4. The van der Waals surface area contributed by atoms with Crippen molar-refractivity contribution in [2.75, 3.05) is 6.54 Å².